The van der Waals surface area contributed by atoms with E-state index in [-0.39, 0.29) is 11.9 Å². The third-order valence-corrected chi connectivity index (χ3v) is 9.69. The maximum Gasteiger partial charge on any atom is 0.290 e. The van der Waals surface area contributed by atoms with Crippen molar-refractivity contribution in [2.45, 2.75) is 57.5 Å². The Bertz CT molecular complexity index is 1400. The summed E-state index contributed by atoms with van der Waals surface area (Å²) in [5.74, 6) is 1.12. The first-order valence-electron chi connectivity index (χ1n) is 15.2. The van der Waals surface area contributed by atoms with Crippen LogP contribution < -0.4 is 15.0 Å². The number of carboxylic acid groups (broad SMARTS) is 1. The first-order chi connectivity index (χ1) is 20.9. The van der Waals surface area contributed by atoms with E-state index in [2.05, 4.69) is 51.3 Å². The van der Waals surface area contributed by atoms with Crippen molar-refractivity contribution >= 4 is 35.4 Å². The first kappa shape index (κ1) is 31.5. The van der Waals surface area contributed by atoms with E-state index in [1.165, 1.54) is 24.1 Å². The predicted octanol–water partition coefficient (Wildman–Crippen LogP) is 6.29. The van der Waals surface area contributed by atoms with Crippen molar-refractivity contribution in [2.24, 2.45) is 5.92 Å². The highest BCUT2D eigenvalue weighted by molar-refractivity contribution is 6.36. The van der Waals surface area contributed by atoms with Gasteiger partial charge in [0, 0.05) is 55.4 Å². The van der Waals surface area contributed by atoms with Crippen LogP contribution in [0.2, 0.25) is 10.0 Å². The van der Waals surface area contributed by atoms with Gasteiger partial charge in [-0.15, -0.1) is 0 Å². The topological polar surface area (TPSA) is 90.8 Å². The van der Waals surface area contributed by atoms with E-state index in [0.29, 0.717) is 29.5 Å². The molecule has 3 aromatic rings. The number of fused-ring (bicyclic) bond motifs is 2. The van der Waals surface area contributed by atoms with Crippen molar-refractivity contribution in [1.82, 2.24) is 20.2 Å². The highest BCUT2D eigenvalue weighted by Gasteiger charge is 2.48. The van der Waals surface area contributed by atoms with E-state index in [1.54, 1.807) is 6.20 Å². The SMILES string of the molecule is CCOc1ncccc1-c1ccc2c(n1)CN(C[C@H]1CCCN1)C[C@]21CCN(c2ccc(Cl)cc2Cl)C[C@H]1CC.O=CO. The van der Waals surface area contributed by atoms with Gasteiger partial charge in [0.05, 0.1) is 34.3 Å². The van der Waals surface area contributed by atoms with Crippen LogP contribution in [0.5, 0.6) is 5.88 Å². The molecule has 0 aliphatic carbocycles. The molecule has 0 bridgehead atoms. The quantitative estimate of drug-likeness (QED) is 0.296. The van der Waals surface area contributed by atoms with Crippen LogP contribution in [-0.4, -0.2) is 71.8 Å². The minimum absolute atomic E-state index is 0.0412. The monoisotopic (exact) mass is 625 g/mol. The molecule has 230 valence electrons. The van der Waals surface area contributed by atoms with Crippen molar-refractivity contribution in [3.05, 3.63) is 70.0 Å². The molecular weight excluding hydrogens is 585 g/mol. The Kier molecular flexibility index (Phi) is 10.4. The minimum Gasteiger partial charge on any atom is -0.483 e. The van der Waals surface area contributed by atoms with Crippen LogP contribution in [0.1, 0.15) is 50.8 Å². The minimum atomic E-state index is -0.250. The molecule has 43 heavy (non-hydrogen) atoms. The third kappa shape index (κ3) is 6.78. The largest absolute Gasteiger partial charge is 0.483 e. The number of hydrogen-bond acceptors (Lipinski definition) is 7. The van der Waals surface area contributed by atoms with Crippen LogP contribution in [0.25, 0.3) is 11.3 Å². The summed E-state index contributed by atoms with van der Waals surface area (Å²) in [6.07, 6.45) is 6.44. The molecular formula is C33H41Cl2N5O3. The molecule has 3 aliphatic rings. The van der Waals surface area contributed by atoms with Gasteiger partial charge in [0.15, 0.2) is 0 Å². The molecule has 1 aromatic carbocycles. The Morgan fingerprint density at radius 3 is 2.77 bits per heavy atom. The smallest absolute Gasteiger partial charge is 0.290 e. The molecule has 3 atom stereocenters. The van der Waals surface area contributed by atoms with Gasteiger partial charge in [-0.2, -0.15) is 0 Å². The molecule has 3 aliphatic heterocycles. The van der Waals surface area contributed by atoms with Crippen molar-refractivity contribution in [3.8, 4) is 17.1 Å². The fraction of sp³-hybridized carbons (Fsp3) is 0.485. The molecule has 10 heteroatoms. The first-order valence-corrected chi connectivity index (χ1v) is 16.0. The average molecular weight is 627 g/mol. The Hall–Kier alpha value is -2.91. The number of benzene rings is 1. The Labute approximate surface area is 264 Å². The summed E-state index contributed by atoms with van der Waals surface area (Å²) >= 11 is 12.9. The Morgan fingerprint density at radius 2 is 2.05 bits per heavy atom. The van der Waals surface area contributed by atoms with E-state index in [9.17, 15) is 0 Å². The summed E-state index contributed by atoms with van der Waals surface area (Å²) in [4.78, 5) is 23.3. The maximum absolute atomic E-state index is 8.36. The van der Waals surface area contributed by atoms with E-state index in [0.717, 1.165) is 74.1 Å². The number of hydrogen-bond donors (Lipinski definition) is 2. The number of anilines is 1. The Morgan fingerprint density at radius 1 is 1.21 bits per heavy atom. The number of piperidine rings is 1. The zero-order valence-corrected chi connectivity index (χ0v) is 26.4. The van der Waals surface area contributed by atoms with Gasteiger partial charge in [0.1, 0.15) is 0 Å². The van der Waals surface area contributed by atoms with Gasteiger partial charge in [-0.1, -0.05) is 42.6 Å². The van der Waals surface area contributed by atoms with E-state index >= 15 is 0 Å². The Balaban J connectivity index is 0.00000118. The number of carbonyl (C=O) groups is 1. The van der Waals surface area contributed by atoms with Crippen LogP contribution in [-0.2, 0) is 16.8 Å². The summed E-state index contributed by atoms with van der Waals surface area (Å²) < 4.78 is 5.87. The molecule has 6 rings (SSSR count). The number of nitrogens with one attached hydrogen (secondary N) is 1. The number of rotatable bonds is 7. The van der Waals surface area contributed by atoms with E-state index in [1.807, 2.05) is 25.1 Å². The average Bonchev–Trinajstić information content (AvgIpc) is 3.51. The van der Waals surface area contributed by atoms with Gasteiger partial charge < -0.3 is 20.1 Å². The van der Waals surface area contributed by atoms with Crippen LogP contribution in [0, 0.1) is 5.92 Å². The molecule has 1 spiro atoms. The van der Waals surface area contributed by atoms with E-state index in [4.69, 9.17) is 42.8 Å². The van der Waals surface area contributed by atoms with Gasteiger partial charge in [0.25, 0.3) is 6.47 Å². The van der Waals surface area contributed by atoms with Crippen molar-refractivity contribution in [3.63, 3.8) is 0 Å². The third-order valence-electron chi connectivity index (χ3n) is 9.15. The van der Waals surface area contributed by atoms with Gasteiger partial charge in [-0.3, -0.25) is 14.7 Å². The standard InChI is InChI=1S/C32H39Cl2N5O.CH2O2/c1-3-22-18-39(30-12-9-23(33)17-27(30)34)16-13-32(22)21-38(19-24-7-5-14-35-24)20-29-26(32)10-11-28(37-29)25-8-6-15-36-31(25)40-4-2;2-1-3/h6,8-12,15,17,22,24,35H,3-5,7,13-14,16,18-21H2,1-2H3;1H,(H,2,3)/t22-,24-,32+;/m1./s1. The lowest BCUT2D eigenvalue weighted by molar-refractivity contribution is -0.122. The number of aromatic nitrogens is 2. The molecule has 0 saturated carbocycles. The summed E-state index contributed by atoms with van der Waals surface area (Å²) in [7, 11) is 0. The number of halogens is 2. The number of ether oxygens (including phenoxy) is 1. The lowest BCUT2D eigenvalue weighted by Crippen LogP contribution is -2.58. The highest BCUT2D eigenvalue weighted by Crippen LogP contribution is 2.48. The molecule has 2 saturated heterocycles. The lowest BCUT2D eigenvalue weighted by atomic mass is 9.62. The molecule has 0 unspecified atom stereocenters. The fourth-order valence-corrected chi connectivity index (χ4v) is 7.81. The molecule has 5 heterocycles. The second-order valence-electron chi connectivity index (χ2n) is 11.6. The molecule has 0 radical (unpaired) electrons. The number of pyridine rings is 2. The normalized spacial score (nSPS) is 23.4. The van der Waals surface area contributed by atoms with Crippen molar-refractivity contribution < 1.29 is 14.6 Å². The highest BCUT2D eigenvalue weighted by atomic mass is 35.5. The van der Waals surface area contributed by atoms with Crippen LogP contribution in [0.3, 0.4) is 0 Å². The molecule has 8 nitrogen and oxygen atoms in total. The lowest BCUT2D eigenvalue weighted by Gasteiger charge is -2.53. The molecule has 0 amide bonds. The second-order valence-corrected chi connectivity index (χ2v) is 12.4. The maximum atomic E-state index is 8.36. The van der Waals surface area contributed by atoms with Gasteiger partial charge in [-0.25, -0.2) is 4.98 Å². The molecule has 2 N–H and O–H groups in total. The van der Waals surface area contributed by atoms with Crippen molar-refractivity contribution in [1.29, 1.82) is 0 Å². The van der Waals surface area contributed by atoms with Crippen LogP contribution in [0.15, 0.2) is 48.7 Å². The summed E-state index contributed by atoms with van der Waals surface area (Å²) in [5, 5.41) is 12.0. The second kappa shape index (κ2) is 14.2. The van der Waals surface area contributed by atoms with E-state index < -0.39 is 0 Å². The molecule has 2 aromatic heterocycles. The molecule has 2 fully saturated rings. The predicted molar refractivity (Wildman–Crippen MR) is 172 cm³/mol. The summed E-state index contributed by atoms with van der Waals surface area (Å²) in [6.45, 7) is 10.7. The van der Waals surface area contributed by atoms with Gasteiger partial charge in [0.2, 0.25) is 5.88 Å². The van der Waals surface area contributed by atoms with Gasteiger partial charge in [-0.05, 0) is 80.6 Å². The zero-order chi connectivity index (χ0) is 30.4. The summed E-state index contributed by atoms with van der Waals surface area (Å²) in [5.41, 5.74) is 5.63. The van der Waals surface area contributed by atoms with Crippen LogP contribution >= 0.6 is 23.2 Å². The van der Waals surface area contributed by atoms with Crippen molar-refractivity contribution in [2.75, 3.05) is 44.2 Å². The van der Waals surface area contributed by atoms with Gasteiger partial charge >= 0.3 is 0 Å². The summed E-state index contributed by atoms with van der Waals surface area (Å²) in [6, 6.07) is 15.0. The fourth-order valence-electron chi connectivity index (χ4n) is 7.28. The number of nitrogens with zero attached hydrogens (tertiary/aromatic N) is 4. The van der Waals surface area contributed by atoms with Crippen LogP contribution in [0.4, 0.5) is 5.69 Å². The zero-order valence-electron chi connectivity index (χ0n) is 24.9.